The lowest BCUT2D eigenvalue weighted by Gasteiger charge is -2.32. The third kappa shape index (κ3) is 4.11. The number of halogens is 2. The molecule has 0 aromatic heterocycles. The van der Waals surface area contributed by atoms with Crippen LogP contribution in [0, 0.1) is 5.82 Å². The lowest BCUT2D eigenvalue weighted by Crippen LogP contribution is -2.43. The summed E-state index contributed by atoms with van der Waals surface area (Å²) in [6, 6.07) is 4.80. The fraction of sp³-hybridized carbons (Fsp3) is 0.533. The molecule has 0 bridgehead atoms. The SMILES string of the molecule is NC1(CC(=O)Cc2ccc(Br)cc2F)CCCCC1. The quantitative estimate of drug-likeness (QED) is 0.915. The van der Waals surface area contributed by atoms with Gasteiger partial charge < -0.3 is 5.73 Å². The van der Waals surface area contributed by atoms with Crippen LogP contribution in [0.4, 0.5) is 4.39 Å². The third-order valence-corrected chi connectivity index (χ3v) is 4.29. The second-order valence-corrected chi connectivity index (χ2v) is 6.47. The van der Waals surface area contributed by atoms with Crippen molar-refractivity contribution >= 4 is 21.7 Å². The fourth-order valence-electron chi connectivity index (χ4n) is 2.77. The maximum Gasteiger partial charge on any atom is 0.139 e. The lowest BCUT2D eigenvalue weighted by atomic mass is 9.78. The summed E-state index contributed by atoms with van der Waals surface area (Å²) < 4.78 is 14.4. The molecule has 1 aromatic carbocycles. The highest BCUT2D eigenvalue weighted by atomic mass is 79.9. The molecule has 0 radical (unpaired) electrons. The van der Waals surface area contributed by atoms with E-state index in [0.29, 0.717) is 16.5 Å². The van der Waals surface area contributed by atoms with Crippen molar-refractivity contribution < 1.29 is 9.18 Å². The number of hydrogen-bond acceptors (Lipinski definition) is 2. The van der Waals surface area contributed by atoms with Crippen molar-refractivity contribution in [3.63, 3.8) is 0 Å². The van der Waals surface area contributed by atoms with Crippen LogP contribution in [0.2, 0.25) is 0 Å². The highest BCUT2D eigenvalue weighted by Crippen LogP contribution is 2.29. The second kappa shape index (κ2) is 6.14. The Morgan fingerprint density at radius 3 is 2.63 bits per heavy atom. The van der Waals surface area contributed by atoms with Gasteiger partial charge in [0.05, 0.1) is 0 Å². The van der Waals surface area contributed by atoms with Crippen LogP contribution in [0.1, 0.15) is 44.1 Å². The number of Topliss-reactive ketones (excluding diaryl/α,β-unsaturated/α-hetero) is 1. The van der Waals surface area contributed by atoms with E-state index in [1.165, 1.54) is 12.5 Å². The molecular weight excluding hydrogens is 309 g/mol. The van der Waals surface area contributed by atoms with Crippen LogP contribution in [0.5, 0.6) is 0 Å². The van der Waals surface area contributed by atoms with E-state index in [1.54, 1.807) is 12.1 Å². The van der Waals surface area contributed by atoms with Crippen LogP contribution in [0.25, 0.3) is 0 Å². The minimum atomic E-state index is -0.360. The Morgan fingerprint density at radius 2 is 2.00 bits per heavy atom. The van der Waals surface area contributed by atoms with Gasteiger partial charge in [0, 0.05) is 22.9 Å². The largest absolute Gasteiger partial charge is 0.325 e. The van der Waals surface area contributed by atoms with E-state index in [0.717, 1.165) is 25.7 Å². The Kier molecular flexibility index (Phi) is 4.74. The van der Waals surface area contributed by atoms with Gasteiger partial charge in [0.1, 0.15) is 11.6 Å². The Bertz CT molecular complexity index is 469. The van der Waals surface area contributed by atoms with E-state index in [-0.39, 0.29) is 23.6 Å². The molecule has 0 spiro atoms. The van der Waals surface area contributed by atoms with Crippen molar-refractivity contribution in [1.82, 2.24) is 0 Å². The Balaban J connectivity index is 1.97. The van der Waals surface area contributed by atoms with Gasteiger partial charge in [-0.25, -0.2) is 4.39 Å². The van der Waals surface area contributed by atoms with Gasteiger partial charge in [0.2, 0.25) is 0 Å². The summed E-state index contributed by atoms with van der Waals surface area (Å²) in [6.45, 7) is 0. The molecular formula is C15H19BrFNO. The summed E-state index contributed by atoms with van der Waals surface area (Å²) >= 11 is 3.21. The molecule has 104 valence electrons. The van der Waals surface area contributed by atoms with E-state index >= 15 is 0 Å². The number of benzene rings is 1. The molecule has 19 heavy (non-hydrogen) atoms. The highest BCUT2D eigenvalue weighted by molar-refractivity contribution is 9.10. The first-order valence-corrected chi connectivity index (χ1v) is 7.52. The van der Waals surface area contributed by atoms with Gasteiger partial charge in [0.15, 0.2) is 0 Å². The summed E-state index contributed by atoms with van der Waals surface area (Å²) in [5, 5.41) is 0. The van der Waals surface area contributed by atoms with Gasteiger partial charge in [-0.05, 0) is 30.5 Å². The topological polar surface area (TPSA) is 43.1 Å². The van der Waals surface area contributed by atoms with E-state index in [9.17, 15) is 9.18 Å². The zero-order valence-corrected chi connectivity index (χ0v) is 12.5. The second-order valence-electron chi connectivity index (χ2n) is 5.55. The molecule has 0 heterocycles. The Labute approximate surface area is 121 Å². The highest BCUT2D eigenvalue weighted by Gasteiger charge is 2.29. The van der Waals surface area contributed by atoms with E-state index in [4.69, 9.17) is 5.73 Å². The number of rotatable bonds is 4. The van der Waals surface area contributed by atoms with Gasteiger partial charge in [0.25, 0.3) is 0 Å². The van der Waals surface area contributed by atoms with Crippen LogP contribution in [-0.4, -0.2) is 11.3 Å². The number of carbonyl (C=O) groups is 1. The first kappa shape index (κ1) is 14.7. The smallest absolute Gasteiger partial charge is 0.139 e. The zero-order chi connectivity index (χ0) is 13.9. The van der Waals surface area contributed by atoms with Gasteiger partial charge in [-0.2, -0.15) is 0 Å². The fourth-order valence-corrected chi connectivity index (χ4v) is 3.10. The van der Waals surface area contributed by atoms with Crippen LogP contribution < -0.4 is 5.73 Å². The van der Waals surface area contributed by atoms with Crippen molar-refractivity contribution in [2.45, 2.75) is 50.5 Å². The molecule has 1 aromatic rings. The first-order chi connectivity index (χ1) is 8.98. The molecule has 1 aliphatic rings. The van der Waals surface area contributed by atoms with Crippen molar-refractivity contribution in [2.24, 2.45) is 5.73 Å². The van der Waals surface area contributed by atoms with E-state index in [1.807, 2.05) is 0 Å². The average Bonchev–Trinajstić information content (AvgIpc) is 2.33. The summed E-state index contributed by atoms with van der Waals surface area (Å²) in [6.07, 6.45) is 5.70. The molecule has 1 aliphatic carbocycles. The maximum absolute atomic E-state index is 13.7. The maximum atomic E-state index is 13.7. The zero-order valence-electron chi connectivity index (χ0n) is 10.9. The molecule has 0 amide bonds. The van der Waals surface area contributed by atoms with Crippen molar-refractivity contribution in [2.75, 3.05) is 0 Å². The molecule has 0 aliphatic heterocycles. The average molecular weight is 328 g/mol. The minimum Gasteiger partial charge on any atom is -0.325 e. The van der Waals surface area contributed by atoms with Gasteiger partial charge >= 0.3 is 0 Å². The van der Waals surface area contributed by atoms with Crippen molar-refractivity contribution in [3.8, 4) is 0 Å². The summed E-state index contributed by atoms with van der Waals surface area (Å²) in [7, 11) is 0. The molecule has 0 atom stereocenters. The summed E-state index contributed by atoms with van der Waals surface area (Å²) in [4.78, 5) is 12.1. The normalized spacial score (nSPS) is 18.3. The molecule has 2 rings (SSSR count). The summed E-state index contributed by atoms with van der Waals surface area (Å²) in [5.74, 6) is -0.303. The van der Waals surface area contributed by atoms with E-state index < -0.39 is 0 Å². The van der Waals surface area contributed by atoms with Crippen LogP contribution in [0.3, 0.4) is 0 Å². The Hall–Kier alpha value is -0.740. The van der Waals surface area contributed by atoms with Gasteiger partial charge in [-0.15, -0.1) is 0 Å². The lowest BCUT2D eigenvalue weighted by molar-refractivity contribution is -0.119. The van der Waals surface area contributed by atoms with Crippen LogP contribution in [-0.2, 0) is 11.2 Å². The predicted molar refractivity (Wildman–Crippen MR) is 77.4 cm³/mol. The van der Waals surface area contributed by atoms with Gasteiger partial charge in [-0.3, -0.25) is 4.79 Å². The van der Waals surface area contributed by atoms with Crippen LogP contribution >= 0.6 is 15.9 Å². The van der Waals surface area contributed by atoms with Crippen molar-refractivity contribution in [3.05, 3.63) is 34.1 Å². The van der Waals surface area contributed by atoms with Gasteiger partial charge in [-0.1, -0.05) is 41.3 Å². The molecule has 4 heteroatoms. The molecule has 2 N–H and O–H groups in total. The molecule has 1 fully saturated rings. The number of carbonyl (C=O) groups excluding carboxylic acids is 1. The van der Waals surface area contributed by atoms with Crippen LogP contribution in [0.15, 0.2) is 22.7 Å². The van der Waals surface area contributed by atoms with Crippen molar-refractivity contribution in [1.29, 1.82) is 0 Å². The number of hydrogen-bond donors (Lipinski definition) is 1. The first-order valence-electron chi connectivity index (χ1n) is 6.73. The number of ketones is 1. The van der Waals surface area contributed by atoms with E-state index in [2.05, 4.69) is 15.9 Å². The third-order valence-electron chi connectivity index (χ3n) is 3.80. The molecule has 0 unspecified atom stereocenters. The minimum absolute atomic E-state index is 0.0330. The standard InChI is InChI=1S/C15H19BrFNO/c16-12-5-4-11(14(17)9-12)8-13(19)10-15(18)6-2-1-3-7-15/h4-5,9H,1-3,6-8,10,18H2. The Morgan fingerprint density at radius 1 is 1.32 bits per heavy atom. The summed E-state index contributed by atoms with van der Waals surface area (Å²) in [5.41, 5.74) is 6.35. The predicted octanol–water partition coefficient (Wildman–Crippen LogP) is 3.75. The number of nitrogens with two attached hydrogens (primary N) is 1. The molecule has 0 saturated heterocycles. The molecule has 1 saturated carbocycles. The monoisotopic (exact) mass is 327 g/mol. The molecule has 2 nitrogen and oxygen atoms in total.